The summed E-state index contributed by atoms with van der Waals surface area (Å²) in [6.07, 6.45) is 6.28. The molecule has 4 aliphatic rings. The monoisotopic (exact) mass is 515 g/mol. The Hall–Kier alpha value is -2.58. The summed E-state index contributed by atoms with van der Waals surface area (Å²) in [6, 6.07) is 12.8. The average Bonchev–Trinajstić information content (AvgIpc) is 2.82. The Morgan fingerprint density at radius 3 is 2.14 bits per heavy atom. The van der Waals surface area contributed by atoms with Crippen LogP contribution in [-0.2, 0) is 14.8 Å². The van der Waals surface area contributed by atoms with Crippen LogP contribution in [0.25, 0.3) is 0 Å². The summed E-state index contributed by atoms with van der Waals surface area (Å²) in [5.74, 6) is 1.01. The van der Waals surface area contributed by atoms with Gasteiger partial charge in [0.15, 0.2) is 0 Å². The molecule has 186 valence electrons. The standard InChI is InChI=1S/C26H30ClN3O4S/c1-2-30(20-6-4-3-5-7-20)35(33,34)21-8-9-23(27)22(13-21)24(31)28-29-25(32)26-14-17-10-18(15-26)12-19(11-17)16-26/h3-9,13,17-19H,2,10-12,14-16H2,1H3,(H,28,31)(H,29,32). The minimum atomic E-state index is -3.93. The van der Waals surface area contributed by atoms with Crippen molar-refractivity contribution in [2.75, 3.05) is 10.8 Å². The number of anilines is 1. The summed E-state index contributed by atoms with van der Waals surface area (Å²) in [4.78, 5) is 26.1. The molecule has 2 aromatic rings. The molecule has 35 heavy (non-hydrogen) atoms. The molecule has 9 heteroatoms. The third-order valence-corrected chi connectivity index (χ3v) is 10.1. The minimum Gasteiger partial charge on any atom is -0.273 e. The summed E-state index contributed by atoms with van der Waals surface area (Å²) in [5, 5.41) is 0.105. The van der Waals surface area contributed by atoms with Crippen LogP contribution in [0.3, 0.4) is 0 Å². The zero-order valence-corrected chi connectivity index (χ0v) is 21.2. The van der Waals surface area contributed by atoms with Gasteiger partial charge < -0.3 is 0 Å². The van der Waals surface area contributed by atoms with E-state index in [1.54, 1.807) is 31.2 Å². The Morgan fingerprint density at radius 1 is 0.971 bits per heavy atom. The number of amides is 2. The molecule has 0 spiro atoms. The van der Waals surface area contributed by atoms with E-state index in [2.05, 4.69) is 10.9 Å². The fourth-order valence-corrected chi connectivity index (χ4v) is 8.46. The van der Waals surface area contributed by atoms with Gasteiger partial charge in [0.2, 0.25) is 5.91 Å². The second-order valence-corrected chi connectivity index (χ2v) is 12.5. The lowest BCUT2D eigenvalue weighted by Gasteiger charge is -2.55. The van der Waals surface area contributed by atoms with Gasteiger partial charge in [0.25, 0.3) is 15.9 Å². The number of carbonyl (C=O) groups is 2. The first-order chi connectivity index (χ1) is 16.7. The maximum Gasteiger partial charge on any atom is 0.271 e. The van der Waals surface area contributed by atoms with E-state index in [0.29, 0.717) is 23.4 Å². The smallest absolute Gasteiger partial charge is 0.271 e. The number of para-hydroxylation sites is 1. The maximum atomic E-state index is 13.4. The van der Waals surface area contributed by atoms with Gasteiger partial charge in [-0.1, -0.05) is 29.8 Å². The number of nitrogens with one attached hydrogen (secondary N) is 2. The predicted octanol–water partition coefficient (Wildman–Crippen LogP) is 4.53. The molecule has 0 radical (unpaired) electrons. The fourth-order valence-electron chi connectivity index (χ4n) is 6.75. The molecule has 2 amide bonds. The molecule has 7 nitrogen and oxygen atoms in total. The number of rotatable bonds is 6. The van der Waals surface area contributed by atoms with Crippen molar-refractivity contribution >= 4 is 39.1 Å². The van der Waals surface area contributed by atoms with Gasteiger partial charge in [-0.2, -0.15) is 0 Å². The first-order valence-corrected chi connectivity index (χ1v) is 14.0. The number of halogens is 1. The number of hydrogen-bond donors (Lipinski definition) is 2. The minimum absolute atomic E-state index is 0.0114. The zero-order chi connectivity index (χ0) is 24.8. The van der Waals surface area contributed by atoms with E-state index in [4.69, 9.17) is 11.6 Å². The maximum absolute atomic E-state index is 13.4. The highest BCUT2D eigenvalue weighted by molar-refractivity contribution is 7.92. The largest absolute Gasteiger partial charge is 0.273 e. The first kappa shape index (κ1) is 24.1. The van der Waals surface area contributed by atoms with Gasteiger partial charge in [0.1, 0.15) is 0 Å². The van der Waals surface area contributed by atoms with E-state index in [9.17, 15) is 18.0 Å². The predicted molar refractivity (Wildman–Crippen MR) is 134 cm³/mol. The highest BCUT2D eigenvalue weighted by Crippen LogP contribution is 2.60. The molecule has 4 aliphatic carbocycles. The van der Waals surface area contributed by atoms with Gasteiger partial charge in [-0.25, -0.2) is 8.42 Å². The van der Waals surface area contributed by atoms with Gasteiger partial charge in [-0.05, 0) is 93.5 Å². The quantitative estimate of drug-likeness (QED) is 0.552. The molecular weight excluding hydrogens is 486 g/mol. The number of hydrazine groups is 1. The molecule has 0 atom stereocenters. The lowest BCUT2D eigenvalue weighted by Crippen LogP contribution is -2.56. The zero-order valence-electron chi connectivity index (χ0n) is 19.7. The van der Waals surface area contributed by atoms with Crippen LogP contribution in [0.15, 0.2) is 53.4 Å². The Morgan fingerprint density at radius 2 is 1.57 bits per heavy atom. The topological polar surface area (TPSA) is 95.6 Å². The van der Waals surface area contributed by atoms with Gasteiger partial charge in [-0.15, -0.1) is 0 Å². The lowest BCUT2D eigenvalue weighted by molar-refractivity contribution is -0.147. The molecule has 4 bridgehead atoms. The van der Waals surface area contributed by atoms with E-state index in [1.165, 1.54) is 41.8 Å². The van der Waals surface area contributed by atoms with Crippen LogP contribution in [0.1, 0.15) is 55.8 Å². The molecule has 2 aromatic carbocycles. The van der Waals surface area contributed by atoms with Crippen molar-refractivity contribution in [1.82, 2.24) is 10.9 Å². The second-order valence-electron chi connectivity index (χ2n) is 10.3. The van der Waals surface area contributed by atoms with Crippen LogP contribution in [0.4, 0.5) is 5.69 Å². The van der Waals surface area contributed by atoms with Gasteiger partial charge in [0, 0.05) is 6.54 Å². The lowest BCUT2D eigenvalue weighted by atomic mass is 9.49. The Kier molecular flexibility index (Phi) is 6.30. The molecule has 0 unspecified atom stereocenters. The third-order valence-electron chi connectivity index (χ3n) is 7.91. The number of benzene rings is 2. The van der Waals surface area contributed by atoms with E-state index in [-0.39, 0.29) is 27.9 Å². The van der Waals surface area contributed by atoms with E-state index >= 15 is 0 Å². The SMILES string of the molecule is CCN(c1ccccc1)S(=O)(=O)c1ccc(Cl)c(C(=O)NNC(=O)C23CC4CC(CC(C4)C2)C3)c1. The number of nitrogens with zero attached hydrogens (tertiary/aromatic N) is 1. The van der Waals surface area contributed by atoms with E-state index in [0.717, 1.165) is 19.3 Å². The molecule has 4 saturated carbocycles. The van der Waals surface area contributed by atoms with Crippen molar-refractivity contribution in [3.05, 3.63) is 59.1 Å². The highest BCUT2D eigenvalue weighted by Gasteiger charge is 2.54. The van der Waals surface area contributed by atoms with Gasteiger partial charge in [0.05, 0.1) is 26.6 Å². The summed E-state index contributed by atoms with van der Waals surface area (Å²) in [7, 11) is -3.93. The first-order valence-electron chi connectivity index (χ1n) is 12.2. The van der Waals surface area contributed by atoms with Gasteiger partial charge >= 0.3 is 0 Å². The normalized spacial score (nSPS) is 26.9. The molecule has 0 aliphatic heterocycles. The summed E-state index contributed by atoms with van der Waals surface area (Å²) < 4.78 is 28.0. The Bertz CT molecular complexity index is 1210. The van der Waals surface area contributed by atoms with Crippen molar-refractivity contribution in [3.63, 3.8) is 0 Å². The van der Waals surface area contributed by atoms with Crippen LogP contribution in [0.5, 0.6) is 0 Å². The van der Waals surface area contributed by atoms with Crippen LogP contribution in [-0.4, -0.2) is 26.8 Å². The van der Waals surface area contributed by atoms with Crippen LogP contribution >= 0.6 is 11.6 Å². The molecule has 6 rings (SSSR count). The molecular formula is C26H30ClN3O4S. The molecule has 2 N–H and O–H groups in total. The van der Waals surface area contributed by atoms with Crippen LogP contribution in [0, 0.1) is 23.2 Å². The van der Waals surface area contributed by atoms with Crippen molar-refractivity contribution in [2.24, 2.45) is 23.2 Å². The fraction of sp³-hybridized carbons (Fsp3) is 0.462. The molecule has 0 heterocycles. The summed E-state index contributed by atoms with van der Waals surface area (Å²) in [5.41, 5.74) is 5.22. The second kappa shape index (κ2) is 9.13. The molecule has 4 fully saturated rings. The van der Waals surface area contributed by atoms with Crippen LogP contribution < -0.4 is 15.2 Å². The Balaban J connectivity index is 1.32. The van der Waals surface area contributed by atoms with E-state index in [1.807, 2.05) is 6.07 Å². The van der Waals surface area contributed by atoms with Crippen LogP contribution in [0.2, 0.25) is 5.02 Å². The van der Waals surface area contributed by atoms with Gasteiger partial charge in [-0.3, -0.25) is 24.7 Å². The number of carbonyl (C=O) groups excluding carboxylic acids is 2. The van der Waals surface area contributed by atoms with Crippen molar-refractivity contribution in [1.29, 1.82) is 0 Å². The summed E-state index contributed by atoms with van der Waals surface area (Å²) in [6.45, 7) is 1.96. The molecule has 0 aromatic heterocycles. The number of sulfonamides is 1. The summed E-state index contributed by atoms with van der Waals surface area (Å²) >= 11 is 6.26. The van der Waals surface area contributed by atoms with Crippen molar-refractivity contribution in [2.45, 2.75) is 50.3 Å². The van der Waals surface area contributed by atoms with E-state index < -0.39 is 21.3 Å². The van der Waals surface area contributed by atoms with Crippen molar-refractivity contribution in [3.8, 4) is 0 Å². The average molecular weight is 516 g/mol. The molecule has 0 saturated heterocycles. The Labute approximate surface area is 211 Å². The van der Waals surface area contributed by atoms with Crippen molar-refractivity contribution < 1.29 is 18.0 Å². The highest BCUT2D eigenvalue weighted by atomic mass is 35.5. The number of hydrogen-bond acceptors (Lipinski definition) is 4. The third kappa shape index (κ3) is 4.42.